The molecule has 3 aromatic rings. The number of rotatable bonds is 4. The molecule has 3 rings (SSSR count). The average molecular weight is 435 g/mol. The first kappa shape index (κ1) is 19.9. The lowest BCUT2D eigenvalue weighted by Crippen LogP contribution is -2.33. The van der Waals surface area contributed by atoms with E-state index in [1.807, 2.05) is 0 Å². The quantitative estimate of drug-likeness (QED) is 0.496. The van der Waals surface area contributed by atoms with Crippen LogP contribution in [-0.4, -0.2) is 22.1 Å². The lowest BCUT2D eigenvalue weighted by molar-refractivity contribution is 0.0697. The number of hydrogen-bond donors (Lipinski definition) is 3. The van der Waals surface area contributed by atoms with E-state index in [9.17, 15) is 9.59 Å². The summed E-state index contributed by atoms with van der Waals surface area (Å²) in [5.41, 5.74) is 1.05. The minimum atomic E-state index is -1.17. The Morgan fingerprint density at radius 2 is 1.71 bits per heavy atom. The number of carbonyl (C=O) groups is 2. The van der Waals surface area contributed by atoms with Crippen molar-refractivity contribution in [3.05, 3.63) is 76.0 Å². The Bertz CT molecular complexity index is 1060. The van der Waals surface area contributed by atoms with Crippen LogP contribution in [0.3, 0.4) is 0 Å². The van der Waals surface area contributed by atoms with Gasteiger partial charge in [0.2, 0.25) is 0 Å². The van der Waals surface area contributed by atoms with E-state index in [2.05, 4.69) is 10.6 Å². The zero-order chi connectivity index (χ0) is 20.3. The van der Waals surface area contributed by atoms with Gasteiger partial charge in [-0.15, -0.1) is 0 Å². The van der Waals surface area contributed by atoms with Crippen molar-refractivity contribution in [2.45, 2.75) is 0 Å². The molecule has 3 N–H and O–H groups in total. The molecule has 0 spiro atoms. The number of carbonyl (C=O) groups excluding carboxylic acids is 1. The van der Waals surface area contributed by atoms with Crippen molar-refractivity contribution >= 4 is 58.1 Å². The molecule has 0 aliphatic heterocycles. The molecule has 142 valence electrons. The second-order valence-electron chi connectivity index (χ2n) is 5.58. The van der Waals surface area contributed by atoms with Gasteiger partial charge in [-0.05, 0) is 66.8 Å². The first-order chi connectivity index (χ1) is 13.3. The molecule has 0 saturated carbocycles. The van der Waals surface area contributed by atoms with Gasteiger partial charge in [0.05, 0.1) is 10.6 Å². The molecule has 0 aliphatic carbocycles. The van der Waals surface area contributed by atoms with Crippen LogP contribution >= 0.6 is 35.4 Å². The highest BCUT2D eigenvalue weighted by Crippen LogP contribution is 2.24. The molecule has 0 bridgehead atoms. The molecule has 0 aliphatic rings. The van der Waals surface area contributed by atoms with Gasteiger partial charge >= 0.3 is 5.97 Å². The van der Waals surface area contributed by atoms with Crippen LogP contribution in [0, 0.1) is 0 Å². The van der Waals surface area contributed by atoms with Gasteiger partial charge in [-0.25, -0.2) is 4.79 Å². The van der Waals surface area contributed by atoms with Gasteiger partial charge in [-0.2, -0.15) is 0 Å². The first-order valence-electron chi connectivity index (χ1n) is 7.84. The summed E-state index contributed by atoms with van der Waals surface area (Å²) >= 11 is 16.8. The zero-order valence-electron chi connectivity index (χ0n) is 14.0. The van der Waals surface area contributed by atoms with Crippen molar-refractivity contribution in [3.8, 4) is 11.3 Å². The Balaban J connectivity index is 1.66. The Kier molecular flexibility index (Phi) is 5.99. The predicted octanol–water partition coefficient (Wildman–Crippen LogP) is 5.08. The highest BCUT2D eigenvalue weighted by atomic mass is 35.5. The molecule has 6 nitrogen and oxygen atoms in total. The monoisotopic (exact) mass is 434 g/mol. The first-order valence-corrected chi connectivity index (χ1v) is 9.01. The molecule has 1 heterocycles. The fourth-order valence-electron chi connectivity index (χ4n) is 2.32. The van der Waals surface area contributed by atoms with Gasteiger partial charge in [0.1, 0.15) is 5.76 Å². The number of halogens is 2. The van der Waals surface area contributed by atoms with Gasteiger partial charge in [-0.1, -0.05) is 23.2 Å². The van der Waals surface area contributed by atoms with Crippen LogP contribution in [0.5, 0.6) is 0 Å². The summed E-state index contributed by atoms with van der Waals surface area (Å²) in [5.74, 6) is -1.15. The number of furan rings is 1. The standard InChI is InChI=1S/C19H12Cl2N2O4S/c20-11-3-1-10(2-4-11)15-7-8-16(27-15)17(24)23-19(28)22-12-5-6-14(21)13(9-12)18(25)26/h1-9H,(H,25,26)(H2,22,23,24,28). The van der Waals surface area contributed by atoms with Crippen molar-refractivity contribution in [2.24, 2.45) is 0 Å². The van der Waals surface area contributed by atoms with Gasteiger partial charge < -0.3 is 14.8 Å². The number of aromatic carboxylic acids is 1. The van der Waals surface area contributed by atoms with Crippen LogP contribution < -0.4 is 10.6 Å². The largest absolute Gasteiger partial charge is 0.478 e. The molecular weight excluding hydrogens is 423 g/mol. The van der Waals surface area contributed by atoms with E-state index < -0.39 is 11.9 Å². The van der Waals surface area contributed by atoms with E-state index in [-0.39, 0.29) is 21.5 Å². The van der Waals surface area contributed by atoms with Gasteiger partial charge in [0, 0.05) is 16.3 Å². The Morgan fingerprint density at radius 3 is 2.39 bits per heavy atom. The molecule has 0 fully saturated rings. The minimum Gasteiger partial charge on any atom is -0.478 e. The number of benzene rings is 2. The number of amides is 1. The number of nitrogens with one attached hydrogen (secondary N) is 2. The van der Waals surface area contributed by atoms with Crippen LogP contribution in [-0.2, 0) is 0 Å². The van der Waals surface area contributed by atoms with Gasteiger partial charge in [0.15, 0.2) is 10.9 Å². The normalized spacial score (nSPS) is 10.4. The molecule has 0 unspecified atom stereocenters. The Morgan fingerprint density at radius 1 is 1.00 bits per heavy atom. The van der Waals surface area contributed by atoms with Crippen molar-refractivity contribution in [1.82, 2.24) is 5.32 Å². The third kappa shape index (κ3) is 4.69. The van der Waals surface area contributed by atoms with Crippen molar-refractivity contribution in [2.75, 3.05) is 5.32 Å². The van der Waals surface area contributed by atoms with Crippen LogP contribution in [0.25, 0.3) is 11.3 Å². The lowest BCUT2D eigenvalue weighted by Gasteiger charge is -2.10. The minimum absolute atomic E-state index is 0.0203. The van der Waals surface area contributed by atoms with E-state index >= 15 is 0 Å². The van der Waals surface area contributed by atoms with Crippen LogP contribution in [0.4, 0.5) is 5.69 Å². The SMILES string of the molecule is O=C(NC(=S)Nc1ccc(Cl)c(C(=O)O)c1)c1ccc(-c2ccc(Cl)cc2)o1. The molecule has 0 radical (unpaired) electrons. The molecular formula is C19H12Cl2N2O4S. The number of anilines is 1. The fraction of sp³-hybridized carbons (Fsp3) is 0. The van der Waals surface area contributed by atoms with Gasteiger partial charge in [-0.3, -0.25) is 10.1 Å². The van der Waals surface area contributed by atoms with Crippen molar-refractivity contribution < 1.29 is 19.1 Å². The summed E-state index contributed by atoms with van der Waals surface area (Å²) < 4.78 is 5.55. The van der Waals surface area contributed by atoms with Crippen LogP contribution in [0.2, 0.25) is 10.0 Å². The molecule has 2 aromatic carbocycles. The summed E-state index contributed by atoms with van der Waals surface area (Å²) in [6.07, 6.45) is 0. The third-order valence-electron chi connectivity index (χ3n) is 3.64. The van der Waals surface area contributed by atoms with E-state index in [0.717, 1.165) is 5.56 Å². The van der Waals surface area contributed by atoms with Crippen LogP contribution in [0.1, 0.15) is 20.9 Å². The molecule has 0 saturated heterocycles. The summed E-state index contributed by atoms with van der Waals surface area (Å²) in [5, 5.41) is 15.0. The summed E-state index contributed by atoms with van der Waals surface area (Å²) in [6.45, 7) is 0. The van der Waals surface area contributed by atoms with Crippen molar-refractivity contribution in [3.63, 3.8) is 0 Å². The highest BCUT2D eigenvalue weighted by molar-refractivity contribution is 7.80. The Hall–Kier alpha value is -2.87. The summed E-state index contributed by atoms with van der Waals surface area (Å²) in [7, 11) is 0. The second kappa shape index (κ2) is 8.43. The van der Waals surface area contributed by atoms with E-state index in [1.165, 1.54) is 18.2 Å². The number of carboxylic acids is 1. The maximum atomic E-state index is 12.3. The number of hydrogen-bond acceptors (Lipinski definition) is 4. The van der Waals surface area contributed by atoms with E-state index in [0.29, 0.717) is 16.5 Å². The fourth-order valence-corrected chi connectivity index (χ4v) is 2.86. The van der Waals surface area contributed by atoms with E-state index in [1.54, 1.807) is 36.4 Å². The van der Waals surface area contributed by atoms with E-state index in [4.69, 9.17) is 44.9 Å². The topological polar surface area (TPSA) is 91.6 Å². The third-order valence-corrected chi connectivity index (χ3v) is 4.43. The number of carboxylic acid groups (broad SMARTS) is 1. The molecule has 28 heavy (non-hydrogen) atoms. The second-order valence-corrected chi connectivity index (χ2v) is 6.83. The maximum Gasteiger partial charge on any atom is 0.337 e. The summed E-state index contributed by atoms with van der Waals surface area (Å²) in [4.78, 5) is 23.4. The highest BCUT2D eigenvalue weighted by Gasteiger charge is 2.15. The Labute approximate surface area is 175 Å². The molecule has 9 heteroatoms. The number of thiocarbonyl (C=S) groups is 1. The molecule has 0 atom stereocenters. The maximum absolute atomic E-state index is 12.3. The molecule has 1 amide bonds. The summed E-state index contributed by atoms with van der Waals surface area (Å²) in [6, 6.07) is 14.4. The lowest BCUT2D eigenvalue weighted by atomic mass is 10.2. The average Bonchev–Trinajstić information content (AvgIpc) is 3.14. The van der Waals surface area contributed by atoms with Gasteiger partial charge in [0.25, 0.3) is 5.91 Å². The smallest absolute Gasteiger partial charge is 0.337 e. The zero-order valence-corrected chi connectivity index (χ0v) is 16.4. The predicted molar refractivity (Wildman–Crippen MR) is 111 cm³/mol. The van der Waals surface area contributed by atoms with Crippen LogP contribution in [0.15, 0.2) is 59.0 Å². The van der Waals surface area contributed by atoms with Crippen molar-refractivity contribution in [1.29, 1.82) is 0 Å². The molecule has 1 aromatic heterocycles.